The maximum absolute atomic E-state index is 13.6. The third-order valence-corrected chi connectivity index (χ3v) is 4.48. The van der Waals surface area contributed by atoms with Crippen molar-refractivity contribution in [3.05, 3.63) is 59.5 Å². The van der Waals surface area contributed by atoms with E-state index in [-0.39, 0.29) is 25.1 Å². The van der Waals surface area contributed by atoms with Gasteiger partial charge in [0.2, 0.25) is 5.88 Å². The molecule has 1 fully saturated rings. The van der Waals surface area contributed by atoms with Crippen molar-refractivity contribution in [3.63, 3.8) is 0 Å². The van der Waals surface area contributed by atoms with Gasteiger partial charge in [0.05, 0.1) is 6.61 Å². The van der Waals surface area contributed by atoms with Crippen molar-refractivity contribution in [1.29, 1.82) is 0 Å². The molecule has 1 N–H and O–H groups in total. The molecule has 1 aromatic heterocycles. The van der Waals surface area contributed by atoms with Gasteiger partial charge in [-0.3, -0.25) is 4.90 Å². The Hall–Kier alpha value is -1.98. The smallest absolute Gasteiger partial charge is 0.213 e. The number of pyridine rings is 1. The summed E-state index contributed by atoms with van der Waals surface area (Å²) in [6.45, 7) is 2.16. The standard InChI is InChI=1S/C19H23FN2O2/c20-18-7-2-1-5-16(18)14-24-19-9-8-15(11-21-19)12-22-10-4-3-6-17(22)13-23/h1-2,5,7-9,11,17,23H,3-4,6,10,12-14H2/t17-/m1/s1. The van der Waals surface area contributed by atoms with Crippen molar-refractivity contribution in [2.45, 2.75) is 38.5 Å². The van der Waals surface area contributed by atoms with E-state index in [0.29, 0.717) is 11.4 Å². The minimum absolute atomic E-state index is 0.164. The van der Waals surface area contributed by atoms with Crippen LogP contribution in [0.3, 0.4) is 0 Å². The van der Waals surface area contributed by atoms with Crippen LogP contribution in [-0.2, 0) is 13.2 Å². The predicted octanol–water partition coefficient (Wildman–Crippen LogP) is 3.15. The molecule has 0 bridgehead atoms. The van der Waals surface area contributed by atoms with Gasteiger partial charge in [0.15, 0.2) is 0 Å². The second kappa shape index (κ2) is 8.22. The van der Waals surface area contributed by atoms with Crippen molar-refractivity contribution in [1.82, 2.24) is 9.88 Å². The SMILES string of the molecule is OC[C@H]1CCCCN1Cc1ccc(OCc2ccccc2F)nc1. The Morgan fingerprint density at radius 2 is 2.08 bits per heavy atom. The van der Waals surface area contributed by atoms with Crippen molar-refractivity contribution in [2.24, 2.45) is 0 Å². The molecule has 0 unspecified atom stereocenters. The first-order valence-corrected chi connectivity index (χ1v) is 8.42. The van der Waals surface area contributed by atoms with E-state index in [9.17, 15) is 9.50 Å². The van der Waals surface area contributed by atoms with E-state index in [1.807, 2.05) is 12.1 Å². The van der Waals surface area contributed by atoms with E-state index in [1.54, 1.807) is 24.4 Å². The van der Waals surface area contributed by atoms with E-state index < -0.39 is 0 Å². The largest absolute Gasteiger partial charge is 0.473 e. The van der Waals surface area contributed by atoms with Crippen LogP contribution < -0.4 is 4.74 Å². The first kappa shape index (κ1) is 16.9. The molecular weight excluding hydrogens is 307 g/mol. The molecule has 0 radical (unpaired) electrons. The molecule has 0 spiro atoms. The fraction of sp³-hybridized carbons (Fsp3) is 0.421. The second-order valence-electron chi connectivity index (χ2n) is 6.19. The number of likely N-dealkylation sites (tertiary alicyclic amines) is 1. The normalized spacial score (nSPS) is 18.5. The van der Waals surface area contributed by atoms with Gasteiger partial charge in [-0.2, -0.15) is 0 Å². The van der Waals surface area contributed by atoms with E-state index in [2.05, 4.69) is 9.88 Å². The van der Waals surface area contributed by atoms with Crippen molar-refractivity contribution >= 4 is 0 Å². The Morgan fingerprint density at radius 1 is 1.21 bits per heavy atom. The Morgan fingerprint density at radius 3 is 2.83 bits per heavy atom. The third kappa shape index (κ3) is 4.30. The fourth-order valence-electron chi connectivity index (χ4n) is 3.07. The zero-order chi connectivity index (χ0) is 16.8. The zero-order valence-electron chi connectivity index (χ0n) is 13.7. The summed E-state index contributed by atoms with van der Waals surface area (Å²) in [7, 11) is 0. The summed E-state index contributed by atoms with van der Waals surface area (Å²) in [5.41, 5.74) is 1.61. The third-order valence-electron chi connectivity index (χ3n) is 4.48. The molecule has 1 saturated heterocycles. The van der Waals surface area contributed by atoms with Crippen LogP contribution >= 0.6 is 0 Å². The van der Waals surface area contributed by atoms with Gasteiger partial charge in [-0.15, -0.1) is 0 Å². The van der Waals surface area contributed by atoms with Crippen LogP contribution in [0.5, 0.6) is 5.88 Å². The number of halogens is 1. The number of aliphatic hydroxyl groups is 1. The van der Waals surface area contributed by atoms with Crippen molar-refractivity contribution < 1.29 is 14.2 Å². The number of hydrogen-bond acceptors (Lipinski definition) is 4. The fourth-order valence-corrected chi connectivity index (χ4v) is 3.07. The minimum atomic E-state index is -0.269. The van der Waals surface area contributed by atoms with Gasteiger partial charge in [-0.1, -0.05) is 30.7 Å². The summed E-state index contributed by atoms with van der Waals surface area (Å²) in [5, 5.41) is 9.48. The Balaban J connectivity index is 1.56. The van der Waals surface area contributed by atoms with Gasteiger partial charge in [0.1, 0.15) is 12.4 Å². The highest BCUT2D eigenvalue weighted by atomic mass is 19.1. The number of nitrogens with zero attached hydrogens (tertiary/aromatic N) is 2. The van der Waals surface area contributed by atoms with Crippen LogP contribution in [0.4, 0.5) is 4.39 Å². The number of piperidine rings is 1. The van der Waals surface area contributed by atoms with Crippen LogP contribution in [-0.4, -0.2) is 34.2 Å². The van der Waals surface area contributed by atoms with Gasteiger partial charge < -0.3 is 9.84 Å². The Labute approximate surface area is 141 Å². The number of hydrogen-bond donors (Lipinski definition) is 1. The molecule has 2 aromatic rings. The van der Waals surface area contributed by atoms with Crippen LogP contribution in [0.1, 0.15) is 30.4 Å². The molecule has 1 aliphatic rings. The summed E-state index contributed by atoms with van der Waals surface area (Å²) >= 11 is 0. The van der Waals surface area contributed by atoms with Crippen LogP contribution in [0.25, 0.3) is 0 Å². The molecule has 4 nitrogen and oxygen atoms in total. The summed E-state index contributed by atoms with van der Waals surface area (Å²) in [6.07, 6.45) is 5.20. The summed E-state index contributed by atoms with van der Waals surface area (Å²) in [5.74, 6) is 0.216. The molecule has 0 saturated carbocycles. The number of aromatic nitrogens is 1. The molecule has 24 heavy (non-hydrogen) atoms. The van der Waals surface area contributed by atoms with Crippen molar-refractivity contribution in [3.8, 4) is 5.88 Å². The Bertz CT molecular complexity index is 648. The van der Waals surface area contributed by atoms with Crippen LogP contribution in [0.15, 0.2) is 42.6 Å². The molecule has 1 aromatic carbocycles. The average Bonchev–Trinajstić information content (AvgIpc) is 2.63. The molecule has 1 atom stereocenters. The van der Waals surface area contributed by atoms with Crippen LogP contribution in [0, 0.1) is 5.82 Å². The van der Waals surface area contributed by atoms with Gasteiger partial charge in [0, 0.05) is 30.4 Å². The summed E-state index contributed by atoms with van der Waals surface area (Å²) in [6, 6.07) is 10.6. The lowest BCUT2D eigenvalue weighted by atomic mass is 10.0. The van der Waals surface area contributed by atoms with Gasteiger partial charge in [-0.25, -0.2) is 9.37 Å². The maximum atomic E-state index is 13.6. The van der Waals surface area contributed by atoms with Gasteiger partial charge >= 0.3 is 0 Å². The topological polar surface area (TPSA) is 45.6 Å². The predicted molar refractivity (Wildman–Crippen MR) is 90.1 cm³/mol. The number of aliphatic hydroxyl groups excluding tert-OH is 1. The first-order chi connectivity index (χ1) is 11.8. The average molecular weight is 330 g/mol. The van der Waals surface area contributed by atoms with E-state index in [1.165, 1.54) is 18.9 Å². The quantitative estimate of drug-likeness (QED) is 0.884. The second-order valence-corrected chi connectivity index (χ2v) is 6.19. The lowest BCUT2D eigenvalue weighted by Gasteiger charge is -2.34. The molecular formula is C19H23FN2O2. The molecule has 128 valence electrons. The number of ether oxygens (including phenoxy) is 1. The monoisotopic (exact) mass is 330 g/mol. The molecule has 1 aliphatic heterocycles. The minimum Gasteiger partial charge on any atom is -0.473 e. The van der Waals surface area contributed by atoms with Crippen LogP contribution in [0.2, 0.25) is 0 Å². The molecule has 3 rings (SSSR count). The molecule has 5 heteroatoms. The highest BCUT2D eigenvalue weighted by Crippen LogP contribution is 2.20. The lowest BCUT2D eigenvalue weighted by Crippen LogP contribution is -2.41. The number of rotatable bonds is 6. The van der Waals surface area contributed by atoms with Gasteiger partial charge in [0.25, 0.3) is 0 Å². The molecule has 0 amide bonds. The summed E-state index contributed by atoms with van der Waals surface area (Å²) < 4.78 is 19.1. The molecule has 2 heterocycles. The highest BCUT2D eigenvalue weighted by molar-refractivity contribution is 5.20. The molecule has 0 aliphatic carbocycles. The highest BCUT2D eigenvalue weighted by Gasteiger charge is 2.21. The first-order valence-electron chi connectivity index (χ1n) is 8.42. The Kier molecular flexibility index (Phi) is 5.77. The van der Waals surface area contributed by atoms with Gasteiger partial charge in [-0.05, 0) is 31.0 Å². The maximum Gasteiger partial charge on any atom is 0.213 e. The summed E-state index contributed by atoms with van der Waals surface area (Å²) in [4.78, 5) is 6.61. The van der Waals surface area contributed by atoms with E-state index in [4.69, 9.17) is 4.74 Å². The number of benzene rings is 1. The zero-order valence-corrected chi connectivity index (χ0v) is 13.7. The van der Waals surface area contributed by atoms with E-state index >= 15 is 0 Å². The van der Waals surface area contributed by atoms with E-state index in [0.717, 1.165) is 25.1 Å². The van der Waals surface area contributed by atoms with Crippen molar-refractivity contribution in [2.75, 3.05) is 13.2 Å². The lowest BCUT2D eigenvalue weighted by molar-refractivity contribution is 0.0840.